The molecule has 1 unspecified atom stereocenters. The fourth-order valence-corrected chi connectivity index (χ4v) is 4.57. The summed E-state index contributed by atoms with van der Waals surface area (Å²) in [5, 5.41) is 11.3. The largest absolute Gasteiger partial charge is 0.466 e. The van der Waals surface area contributed by atoms with Gasteiger partial charge >= 0.3 is 0 Å². The Kier molecular flexibility index (Phi) is 8.75. The van der Waals surface area contributed by atoms with Gasteiger partial charge in [-0.05, 0) is 38.0 Å². The fourth-order valence-electron chi connectivity index (χ4n) is 4.57. The van der Waals surface area contributed by atoms with Crippen molar-refractivity contribution in [1.29, 1.82) is 0 Å². The highest BCUT2D eigenvalue weighted by atomic mass is 35.5. The van der Waals surface area contributed by atoms with E-state index in [1.54, 1.807) is 0 Å². The molecular formula is C25H32Cl2N2O2. The van der Waals surface area contributed by atoms with E-state index in [2.05, 4.69) is 70.5 Å². The summed E-state index contributed by atoms with van der Waals surface area (Å²) in [6.45, 7) is 9.11. The van der Waals surface area contributed by atoms with Crippen molar-refractivity contribution in [2.75, 3.05) is 26.2 Å². The maximum absolute atomic E-state index is 11.3. The van der Waals surface area contributed by atoms with Gasteiger partial charge in [-0.2, -0.15) is 0 Å². The minimum atomic E-state index is -1.02. The average molecular weight is 463 g/mol. The van der Waals surface area contributed by atoms with Gasteiger partial charge in [-0.1, -0.05) is 60.7 Å². The van der Waals surface area contributed by atoms with Crippen LogP contribution in [0.3, 0.4) is 0 Å². The van der Waals surface area contributed by atoms with Gasteiger partial charge in [0.05, 0.1) is 6.04 Å². The number of aliphatic hydroxyl groups is 1. The molecule has 1 atom stereocenters. The first-order valence-electron chi connectivity index (χ1n) is 10.4. The van der Waals surface area contributed by atoms with Crippen LogP contribution in [0, 0.1) is 13.8 Å². The molecule has 2 heterocycles. The third kappa shape index (κ3) is 5.33. The van der Waals surface area contributed by atoms with Gasteiger partial charge < -0.3 is 9.52 Å². The minimum absolute atomic E-state index is 0. The molecule has 0 amide bonds. The molecule has 0 bridgehead atoms. The molecule has 1 N–H and O–H groups in total. The number of halogens is 2. The Morgan fingerprint density at radius 2 is 1.32 bits per heavy atom. The molecule has 2 aromatic carbocycles. The van der Waals surface area contributed by atoms with Crippen LogP contribution in [0.2, 0.25) is 0 Å². The number of nitrogens with zero attached hydrogens (tertiary/aromatic N) is 2. The number of hydrogen-bond donors (Lipinski definition) is 1. The molecule has 4 rings (SSSR count). The summed E-state index contributed by atoms with van der Waals surface area (Å²) < 4.78 is 5.67. The summed E-state index contributed by atoms with van der Waals surface area (Å²) in [5.41, 5.74) is 2.45. The van der Waals surface area contributed by atoms with Crippen LogP contribution in [0.15, 0.2) is 71.1 Å². The first-order valence-corrected chi connectivity index (χ1v) is 10.4. The van der Waals surface area contributed by atoms with Crippen molar-refractivity contribution in [3.8, 4) is 0 Å². The van der Waals surface area contributed by atoms with Crippen LogP contribution in [0.1, 0.15) is 41.2 Å². The normalized spacial score (nSPS) is 16.9. The SMILES string of the molecule is Cc1cc(C(C)(O)N2CCN(C(c3ccccc3)c3ccccc3)CC2)c(C)o1.Cl.Cl. The molecule has 1 aliphatic heterocycles. The summed E-state index contributed by atoms with van der Waals surface area (Å²) >= 11 is 0. The van der Waals surface area contributed by atoms with Crippen molar-refractivity contribution in [3.63, 3.8) is 0 Å². The number of rotatable bonds is 5. The van der Waals surface area contributed by atoms with E-state index in [1.807, 2.05) is 26.8 Å². The Bertz CT molecular complexity index is 897. The van der Waals surface area contributed by atoms with Gasteiger partial charge in [-0.15, -0.1) is 24.8 Å². The molecule has 0 spiro atoms. The van der Waals surface area contributed by atoms with Crippen molar-refractivity contribution in [2.24, 2.45) is 0 Å². The van der Waals surface area contributed by atoms with Crippen molar-refractivity contribution in [3.05, 3.63) is 94.9 Å². The molecule has 3 aromatic rings. The number of benzene rings is 2. The highest BCUT2D eigenvalue weighted by molar-refractivity contribution is 5.85. The Balaban J connectivity index is 0.00000171. The molecule has 1 fully saturated rings. The maximum Gasteiger partial charge on any atom is 0.145 e. The monoisotopic (exact) mass is 462 g/mol. The first kappa shape index (κ1) is 25.4. The van der Waals surface area contributed by atoms with Gasteiger partial charge in [0, 0.05) is 31.7 Å². The van der Waals surface area contributed by atoms with Crippen LogP contribution in [0.25, 0.3) is 0 Å². The standard InChI is InChI=1S/C25H30N2O2.2ClH/c1-19-18-23(20(2)29-19)25(3,28)27-16-14-26(15-17-27)24(21-10-6-4-7-11-21)22-12-8-5-9-13-22;;/h4-13,18,24,28H,14-17H2,1-3H3;2*1H. The fraction of sp³-hybridized carbons (Fsp3) is 0.360. The van der Waals surface area contributed by atoms with Gasteiger partial charge in [-0.25, -0.2) is 0 Å². The van der Waals surface area contributed by atoms with Gasteiger partial charge in [0.25, 0.3) is 0 Å². The van der Waals surface area contributed by atoms with E-state index in [0.717, 1.165) is 43.3 Å². The van der Waals surface area contributed by atoms with Crippen molar-refractivity contribution in [2.45, 2.75) is 32.5 Å². The van der Waals surface area contributed by atoms with Crippen LogP contribution >= 0.6 is 24.8 Å². The quantitative estimate of drug-likeness (QED) is 0.557. The predicted molar refractivity (Wildman–Crippen MR) is 130 cm³/mol. The highest BCUT2D eigenvalue weighted by Crippen LogP contribution is 2.34. The van der Waals surface area contributed by atoms with Crippen LogP contribution in [-0.4, -0.2) is 41.1 Å². The third-order valence-corrected chi connectivity index (χ3v) is 6.08. The molecular weight excluding hydrogens is 431 g/mol. The maximum atomic E-state index is 11.3. The minimum Gasteiger partial charge on any atom is -0.466 e. The van der Waals surface area contributed by atoms with Gasteiger partial charge in [0.2, 0.25) is 0 Å². The lowest BCUT2D eigenvalue weighted by molar-refractivity contribution is -0.120. The lowest BCUT2D eigenvalue weighted by Gasteiger charge is -2.45. The van der Waals surface area contributed by atoms with Crippen molar-refractivity contribution < 1.29 is 9.52 Å². The van der Waals surface area contributed by atoms with E-state index >= 15 is 0 Å². The number of aryl methyl sites for hydroxylation is 2. The summed E-state index contributed by atoms with van der Waals surface area (Å²) in [5.74, 6) is 1.63. The number of hydrogen-bond acceptors (Lipinski definition) is 4. The summed E-state index contributed by atoms with van der Waals surface area (Å²) in [6, 6.07) is 23.6. The topological polar surface area (TPSA) is 39.9 Å². The predicted octanol–water partition coefficient (Wildman–Crippen LogP) is 5.31. The van der Waals surface area contributed by atoms with E-state index in [-0.39, 0.29) is 30.9 Å². The average Bonchev–Trinajstić information content (AvgIpc) is 3.09. The van der Waals surface area contributed by atoms with E-state index in [1.165, 1.54) is 11.1 Å². The molecule has 31 heavy (non-hydrogen) atoms. The third-order valence-electron chi connectivity index (χ3n) is 6.08. The first-order chi connectivity index (χ1) is 14.0. The second-order valence-electron chi connectivity index (χ2n) is 8.09. The Labute approximate surface area is 197 Å². The zero-order valence-corrected chi connectivity index (χ0v) is 20.0. The summed E-state index contributed by atoms with van der Waals surface area (Å²) in [4.78, 5) is 4.68. The smallest absolute Gasteiger partial charge is 0.145 e. The lowest BCUT2D eigenvalue weighted by Crippen LogP contribution is -2.55. The van der Waals surface area contributed by atoms with Gasteiger partial charge in [0.15, 0.2) is 0 Å². The molecule has 6 heteroatoms. The zero-order chi connectivity index (χ0) is 20.4. The molecule has 0 saturated carbocycles. The van der Waals surface area contributed by atoms with Crippen LogP contribution in [0.5, 0.6) is 0 Å². The van der Waals surface area contributed by atoms with Gasteiger partial charge in [-0.3, -0.25) is 9.80 Å². The van der Waals surface area contributed by atoms with Crippen LogP contribution in [0.4, 0.5) is 0 Å². The number of piperazine rings is 1. The molecule has 4 nitrogen and oxygen atoms in total. The molecule has 0 aliphatic carbocycles. The van der Waals surface area contributed by atoms with E-state index < -0.39 is 5.72 Å². The van der Waals surface area contributed by atoms with E-state index in [0.29, 0.717) is 0 Å². The molecule has 0 radical (unpaired) electrons. The van der Waals surface area contributed by atoms with Crippen molar-refractivity contribution in [1.82, 2.24) is 9.80 Å². The van der Waals surface area contributed by atoms with Crippen LogP contribution < -0.4 is 0 Å². The Morgan fingerprint density at radius 1 is 0.839 bits per heavy atom. The molecule has 1 aromatic heterocycles. The van der Waals surface area contributed by atoms with Gasteiger partial charge in [0.1, 0.15) is 17.2 Å². The summed E-state index contributed by atoms with van der Waals surface area (Å²) in [6.07, 6.45) is 0. The second kappa shape index (κ2) is 10.7. The zero-order valence-electron chi connectivity index (χ0n) is 18.3. The second-order valence-corrected chi connectivity index (χ2v) is 8.09. The Morgan fingerprint density at radius 3 is 1.74 bits per heavy atom. The van der Waals surface area contributed by atoms with Crippen molar-refractivity contribution >= 4 is 24.8 Å². The van der Waals surface area contributed by atoms with E-state index in [9.17, 15) is 5.11 Å². The van der Waals surface area contributed by atoms with Crippen LogP contribution in [-0.2, 0) is 5.72 Å². The lowest BCUT2D eigenvalue weighted by atomic mass is 9.95. The highest BCUT2D eigenvalue weighted by Gasteiger charge is 2.37. The molecule has 1 aliphatic rings. The number of furan rings is 1. The molecule has 1 saturated heterocycles. The summed E-state index contributed by atoms with van der Waals surface area (Å²) in [7, 11) is 0. The molecule has 168 valence electrons. The Hall–Kier alpha value is -1.82. The van der Waals surface area contributed by atoms with E-state index in [4.69, 9.17) is 4.42 Å².